The van der Waals surface area contributed by atoms with E-state index < -0.39 is 0 Å². The van der Waals surface area contributed by atoms with Crippen LogP contribution in [0.25, 0.3) is 0 Å². The van der Waals surface area contributed by atoms with Crippen molar-refractivity contribution in [3.8, 4) is 17.2 Å². The third-order valence-corrected chi connectivity index (χ3v) is 4.87. The van der Waals surface area contributed by atoms with E-state index in [0.29, 0.717) is 0 Å². The van der Waals surface area contributed by atoms with Gasteiger partial charge in [-0.15, -0.1) is 19.0 Å². The maximum absolute atomic E-state index is 10.1. The molecule has 2 aromatic carbocycles. The number of hydrogen-bond acceptors (Lipinski definition) is 4. The molecule has 1 atom stereocenters. The fourth-order valence-electron chi connectivity index (χ4n) is 3.55. The Balaban J connectivity index is 0.00000225. The molecule has 1 aliphatic rings. The number of aromatic hydroxyl groups is 3. The van der Waals surface area contributed by atoms with Crippen molar-refractivity contribution in [3.05, 3.63) is 65.2 Å². The molecule has 2 aromatic rings. The van der Waals surface area contributed by atoms with Crippen LogP contribution >= 0.6 is 12.4 Å². The predicted molar refractivity (Wildman–Crippen MR) is 102 cm³/mol. The first-order valence-corrected chi connectivity index (χ1v) is 8.17. The standard InChI is InChI=1S/C20H23NO3.ClH/c1-3-9-21-10-8-16-13(2)20(24)19(23)11-17(16)18(12-21)14-4-6-15(22)7-5-14;/h3-7,11,18,22-24H,1,8-10,12H2,2H3;1H. The first kappa shape index (κ1) is 19.2. The summed E-state index contributed by atoms with van der Waals surface area (Å²) < 4.78 is 0. The van der Waals surface area contributed by atoms with E-state index in [0.717, 1.165) is 48.3 Å². The fourth-order valence-corrected chi connectivity index (χ4v) is 3.55. The largest absolute Gasteiger partial charge is 0.508 e. The maximum atomic E-state index is 10.1. The van der Waals surface area contributed by atoms with Crippen molar-refractivity contribution >= 4 is 12.4 Å². The molecule has 4 nitrogen and oxygen atoms in total. The van der Waals surface area contributed by atoms with Crippen LogP contribution in [0.4, 0.5) is 0 Å². The quantitative estimate of drug-likeness (QED) is 0.576. The summed E-state index contributed by atoms with van der Waals surface area (Å²) in [4.78, 5) is 2.32. The molecule has 134 valence electrons. The van der Waals surface area contributed by atoms with Crippen LogP contribution in [-0.2, 0) is 6.42 Å². The van der Waals surface area contributed by atoms with Gasteiger partial charge in [-0.25, -0.2) is 0 Å². The highest BCUT2D eigenvalue weighted by molar-refractivity contribution is 5.85. The smallest absolute Gasteiger partial charge is 0.160 e. The molecule has 0 amide bonds. The summed E-state index contributed by atoms with van der Waals surface area (Å²) in [5, 5.41) is 29.8. The van der Waals surface area contributed by atoms with Crippen LogP contribution in [0.15, 0.2) is 43.0 Å². The van der Waals surface area contributed by atoms with E-state index in [1.165, 1.54) is 0 Å². The minimum Gasteiger partial charge on any atom is -0.508 e. The number of hydrogen-bond donors (Lipinski definition) is 3. The SMILES string of the molecule is C=CCN1CCc2c(cc(O)c(O)c2C)C(c2ccc(O)cc2)C1.Cl. The summed E-state index contributed by atoms with van der Waals surface area (Å²) in [7, 11) is 0. The number of benzene rings is 2. The van der Waals surface area contributed by atoms with Gasteiger partial charge in [-0.05, 0) is 53.8 Å². The van der Waals surface area contributed by atoms with Crippen LogP contribution in [0.3, 0.4) is 0 Å². The predicted octanol–water partition coefficient (Wildman–Crippen LogP) is 3.71. The average Bonchev–Trinajstić information content (AvgIpc) is 2.74. The van der Waals surface area contributed by atoms with E-state index in [2.05, 4.69) is 11.5 Å². The first-order valence-electron chi connectivity index (χ1n) is 8.17. The van der Waals surface area contributed by atoms with Gasteiger partial charge in [0.15, 0.2) is 11.5 Å². The number of rotatable bonds is 3. The number of halogens is 1. The summed E-state index contributed by atoms with van der Waals surface area (Å²) in [5.74, 6) is 0.191. The Hall–Kier alpha value is -2.17. The van der Waals surface area contributed by atoms with E-state index in [1.54, 1.807) is 18.2 Å². The first-order chi connectivity index (χ1) is 11.5. The number of nitrogens with zero attached hydrogens (tertiary/aromatic N) is 1. The van der Waals surface area contributed by atoms with Crippen molar-refractivity contribution < 1.29 is 15.3 Å². The average molecular weight is 362 g/mol. The molecule has 3 rings (SSSR count). The molecule has 0 aromatic heterocycles. The zero-order chi connectivity index (χ0) is 17.3. The molecule has 5 heteroatoms. The van der Waals surface area contributed by atoms with Crippen molar-refractivity contribution in [1.82, 2.24) is 4.90 Å². The summed E-state index contributed by atoms with van der Waals surface area (Å²) in [5.41, 5.74) is 3.96. The van der Waals surface area contributed by atoms with Gasteiger partial charge in [0.05, 0.1) is 0 Å². The number of fused-ring (bicyclic) bond motifs is 1. The Morgan fingerprint density at radius 3 is 2.52 bits per heavy atom. The molecule has 0 radical (unpaired) electrons. The molecule has 0 saturated heterocycles. The van der Waals surface area contributed by atoms with E-state index in [9.17, 15) is 15.3 Å². The molecule has 1 unspecified atom stereocenters. The number of phenols is 3. The Morgan fingerprint density at radius 2 is 1.88 bits per heavy atom. The van der Waals surface area contributed by atoms with Crippen molar-refractivity contribution in [2.24, 2.45) is 0 Å². The highest BCUT2D eigenvalue weighted by Gasteiger charge is 2.27. The minimum atomic E-state index is -0.0767. The Labute approximate surface area is 154 Å². The highest BCUT2D eigenvalue weighted by Crippen LogP contribution is 2.40. The van der Waals surface area contributed by atoms with Gasteiger partial charge in [0.25, 0.3) is 0 Å². The molecule has 1 aliphatic heterocycles. The van der Waals surface area contributed by atoms with Gasteiger partial charge in [-0.2, -0.15) is 0 Å². The second-order valence-electron chi connectivity index (χ2n) is 6.38. The van der Waals surface area contributed by atoms with E-state index in [1.807, 2.05) is 25.1 Å². The normalized spacial score (nSPS) is 17.2. The van der Waals surface area contributed by atoms with Gasteiger partial charge in [0.1, 0.15) is 5.75 Å². The van der Waals surface area contributed by atoms with Gasteiger partial charge < -0.3 is 15.3 Å². The monoisotopic (exact) mass is 361 g/mol. The van der Waals surface area contributed by atoms with Crippen molar-refractivity contribution in [3.63, 3.8) is 0 Å². The van der Waals surface area contributed by atoms with Gasteiger partial charge in [-0.3, -0.25) is 4.90 Å². The van der Waals surface area contributed by atoms with Crippen LogP contribution in [-0.4, -0.2) is 39.9 Å². The highest BCUT2D eigenvalue weighted by atomic mass is 35.5. The molecular weight excluding hydrogens is 338 g/mol. The zero-order valence-electron chi connectivity index (χ0n) is 14.3. The topological polar surface area (TPSA) is 63.9 Å². The Kier molecular flexibility index (Phi) is 5.98. The van der Waals surface area contributed by atoms with Crippen molar-refractivity contribution in [2.75, 3.05) is 19.6 Å². The third kappa shape index (κ3) is 3.75. The summed E-state index contributed by atoms with van der Waals surface area (Å²) in [6.45, 7) is 8.15. The summed E-state index contributed by atoms with van der Waals surface area (Å²) >= 11 is 0. The molecule has 0 fully saturated rings. The molecule has 0 saturated carbocycles. The van der Waals surface area contributed by atoms with E-state index in [4.69, 9.17) is 0 Å². The van der Waals surface area contributed by atoms with Gasteiger partial charge in [0, 0.05) is 25.6 Å². The third-order valence-electron chi connectivity index (χ3n) is 4.87. The fraction of sp³-hybridized carbons (Fsp3) is 0.300. The molecule has 1 heterocycles. The molecular formula is C20H24ClNO3. The van der Waals surface area contributed by atoms with Gasteiger partial charge in [0.2, 0.25) is 0 Å². The maximum Gasteiger partial charge on any atom is 0.160 e. The molecule has 25 heavy (non-hydrogen) atoms. The van der Waals surface area contributed by atoms with Gasteiger partial charge >= 0.3 is 0 Å². The van der Waals surface area contributed by atoms with Crippen LogP contribution in [0.2, 0.25) is 0 Å². The van der Waals surface area contributed by atoms with Crippen LogP contribution in [0.1, 0.15) is 28.2 Å². The molecule has 0 spiro atoms. The summed E-state index contributed by atoms with van der Waals surface area (Å²) in [6, 6.07) is 8.89. The summed E-state index contributed by atoms with van der Waals surface area (Å²) in [6.07, 6.45) is 2.71. The second-order valence-corrected chi connectivity index (χ2v) is 6.38. The molecule has 0 bridgehead atoms. The van der Waals surface area contributed by atoms with E-state index >= 15 is 0 Å². The Morgan fingerprint density at radius 1 is 1.20 bits per heavy atom. The van der Waals surface area contributed by atoms with Crippen molar-refractivity contribution in [1.29, 1.82) is 0 Å². The minimum absolute atomic E-state index is 0. The van der Waals surface area contributed by atoms with Crippen LogP contribution in [0, 0.1) is 6.92 Å². The lowest BCUT2D eigenvalue weighted by Crippen LogP contribution is -2.28. The second kappa shape index (κ2) is 7.81. The lowest BCUT2D eigenvalue weighted by molar-refractivity contribution is 0.306. The Bertz CT molecular complexity index is 759. The van der Waals surface area contributed by atoms with Crippen molar-refractivity contribution in [2.45, 2.75) is 19.3 Å². The zero-order valence-corrected chi connectivity index (χ0v) is 15.1. The lowest BCUT2D eigenvalue weighted by Gasteiger charge is -2.24. The van der Waals surface area contributed by atoms with E-state index in [-0.39, 0.29) is 35.6 Å². The molecule has 0 aliphatic carbocycles. The lowest BCUT2D eigenvalue weighted by atomic mass is 9.85. The van der Waals surface area contributed by atoms with Gasteiger partial charge in [-0.1, -0.05) is 18.2 Å². The number of phenolic OH excluding ortho intramolecular Hbond substituents is 3. The molecule has 3 N–H and O–H groups in total. The van der Waals surface area contributed by atoms with Crippen LogP contribution in [0.5, 0.6) is 17.2 Å². The van der Waals surface area contributed by atoms with Crippen LogP contribution < -0.4 is 0 Å².